The minimum absolute atomic E-state index is 0.00399. The van der Waals surface area contributed by atoms with Crippen molar-refractivity contribution >= 4 is 23.2 Å². The Hall–Kier alpha value is -3.04. The molecule has 9 heteroatoms. The van der Waals surface area contributed by atoms with E-state index in [0.717, 1.165) is 13.1 Å². The van der Waals surface area contributed by atoms with Gasteiger partial charge in [0.05, 0.1) is 25.3 Å². The maximum absolute atomic E-state index is 12.5. The van der Waals surface area contributed by atoms with Crippen LogP contribution in [0.1, 0.15) is 10.4 Å². The van der Waals surface area contributed by atoms with Gasteiger partial charge in [0.15, 0.2) is 0 Å². The molecule has 29 heavy (non-hydrogen) atoms. The topological polar surface area (TPSA) is 79.9 Å². The van der Waals surface area contributed by atoms with Gasteiger partial charge in [-0.3, -0.25) is 14.5 Å². The first-order valence-electron chi connectivity index (χ1n) is 9.06. The fourth-order valence-electron chi connectivity index (χ4n) is 2.85. The molecule has 0 saturated carbocycles. The maximum Gasteiger partial charge on any atom is 0.387 e. The van der Waals surface area contributed by atoms with Crippen LogP contribution in [0, 0.1) is 0 Å². The standard InChI is InChI=1S/C20H21F2N3O4/c21-20(22)29-17-4-2-1-3-16(17)19(27)24-15-7-5-14(6-8-15)23-18(26)13-25-9-11-28-12-10-25/h1-8,20H,9-13H2,(H,23,26)(H,24,27). The van der Waals surface area contributed by atoms with Gasteiger partial charge in [0, 0.05) is 24.5 Å². The molecule has 7 nitrogen and oxygen atoms in total. The largest absolute Gasteiger partial charge is 0.434 e. The summed E-state index contributed by atoms with van der Waals surface area (Å²) in [5, 5.41) is 5.41. The molecule has 1 aliphatic rings. The zero-order chi connectivity index (χ0) is 20.6. The molecule has 0 aliphatic carbocycles. The van der Waals surface area contributed by atoms with Crippen LogP contribution in [0.15, 0.2) is 48.5 Å². The minimum atomic E-state index is -3.02. The van der Waals surface area contributed by atoms with E-state index in [4.69, 9.17) is 4.74 Å². The molecule has 154 valence electrons. The molecule has 0 unspecified atom stereocenters. The van der Waals surface area contributed by atoms with Crippen molar-refractivity contribution < 1.29 is 27.8 Å². The van der Waals surface area contributed by atoms with E-state index in [1.54, 1.807) is 30.3 Å². The highest BCUT2D eigenvalue weighted by Crippen LogP contribution is 2.22. The molecule has 0 spiro atoms. The highest BCUT2D eigenvalue weighted by molar-refractivity contribution is 6.06. The van der Waals surface area contributed by atoms with Gasteiger partial charge in [0.2, 0.25) is 5.91 Å². The smallest absolute Gasteiger partial charge is 0.387 e. The third-order valence-electron chi connectivity index (χ3n) is 4.25. The van der Waals surface area contributed by atoms with Crippen LogP contribution in [0.2, 0.25) is 0 Å². The summed E-state index contributed by atoms with van der Waals surface area (Å²) in [6.07, 6.45) is 0. The van der Waals surface area contributed by atoms with E-state index in [9.17, 15) is 18.4 Å². The molecule has 2 N–H and O–H groups in total. The van der Waals surface area contributed by atoms with Crippen LogP contribution in [-0.4, -0.2) is 56.2 Å². The molecular weight excluding hydrogens is 384 g/mol. The van der Waals surface area contributed by atoms with Crippen molar-refractivity contribution in [1.82, 2.24) is 4.90 Å². The van der Waals surface area contributed by atoms with E-state index in [-0.39, 0.29) is 23.8 Å². The number of benzene rings is 2. The summed E-state index contributed by atoms with van der Waals surface area (Å²) in [6.45, 7) is -0.0720. The number of nitrogens with zero attached hydrogens (tertiary/aromatic N) is 1. The number of rotatable bonds is 7. The van der Waals surface area contributed by atoms with Crippen molar-refractivity contribution in [1.29, 1.82) is 0 Å². The number of halogens is 2. The van der Waals surface area contributed by atoms with Crippen molar-refractivity contribution in [3.8, 4) is 5.75 Å². The first-order valence-corrected chi connectivity index (χ1v) is 9.06. The normalized spacial score (nSPS) is 14.4. The Morgan fingerprint density at radius 3 is 2.28 bits per heavy atom. The van der Waals surface area contributed by atoms with Gasteiger partial charge in [-0.05, 0) is 36.4 Å². The summed E-state index contributed by atoms with van der Waals surface area (Å²) in [6, 6.07) is 12.3. The summed E-state index contributed by atoms with van der Waals surface area (Å²) >= 11 is 0. The monoisotopic (exact) mass is 405 g/mol. The summed E-state index contributed by atoms with van der Waals surface area (Å²) < 4.78 is 34.6. The van der Waals surface area contributed by atoms with E-state index < -0.39 is 12.5 Å². The molecule has 2 amide bonds. The minimum Gasteiger partial charge on any atom is -0.434 e. The zero-order valence-corrected chi connectivity index (χ0v) is 15.6. The molecule has 0 radical (unpaired) electrons. The summed E-state index contributed by atoms with van der Waals surface area (Å²) in [5.41, 5.74) is 1.03. The second-order valence-corrected chi connectivity index (χ2v) is 6.34. The number of para-hydroxylation sites is 1. The zero-order valence-electron chi connectivity index (χ0n) is 15.6. The predicted octanol–water partition coefficient (Wildman–Crippen LogP) is 2.81. The molecule has 2 aromatic rings. The van der Waals surface area contributed by atoms with E-state index in [2.05, 4.69) is 15.4 Å². The lowest BCUT2D eigenvalue weighted by molar-refractivity contribution is -0.118. The predicted molar refractivity (Wildman–Crippen MR) is 103 cm³/mol. The van der Waals surface area contributed by atoms with E-state index in [1.165, 1.54) is 18.2 Å². The first kappa shape index (κ1) is 20.7. The molecule has 0 aromatic heterocycles. The Labute approximate surface area is 166 Å². The molecule has 1 aliphatic heterocycles. The van der Waals surface area contributed by atoms with Gasteiger partial charge in [-0.2, -0.15) is 8.78 Å². The molecule has 1 heterocycles. The quantitative estimate of drug-likeness (QED) is 0.741. The van der Waals surface area contributed by atoms with Crippen LogP contribution >= 0.6 is 0 Å². The highest BCUT2D eigenvalue weighted by Gasteiger charge is 2.16. The van der Waals surface area contributed by atoms with Crippen LogP contribution in [0.5, 0.6) is 5.75 Å². The van der Waals surface area contributed by atoms with E-state index in [1.807, 2.05) is 4.90 Å². The van der Waals surface area contributed by atoms with Gasteiger partial charge < -0.3 is 20.1 Å². The molecule has 1 fully saturated rings. The van der Waals surface area contributed by atoms with Crippen molar-refractivity contribution in [3.63, 3.8) is 0 Å². The third-order valence-corrected chi connectivity index (χ3v) is 4.25. The Morgan fingerprint density at radius 2 is 1.62 bits per heavy atom. The van der Waals surface area contributed by atoms with Gasteiger partial charge >= 0.3 is 6.61 Å². The van der Waals surface area contributed by atoms with Gasteiger partial charge in [0.25, 0.3) is 5.91 Å². The number of amides is 2. The maximum atomic E-state index is 12.5. The van der Waals surface area contributed by atoms with Crippen LogP contribution in [0.4, 0.5) is 20.2 Å². The highest BCUT2D eigenvalue weighted by atomic mass is 19.3. The van der Waals surface area contributed by atoms with Crippen LogP contribution in [0.3, 0.4) is 0 Å². The van der Waals surface area contributed by atoms with Gasteiger partial charge in [-0.25, -0.2) is 0 Å². The number of nitrogens with one attached hydrogen (secondary N) is 2. The number of ether oxygens (including phenoxy) is 2. The molecule has 0 atom stereocenters. The number of carbonyl (C=O) groups excluding carboxylic acids is 2. The lowest BCUT2D eigenvalue weighted by Crippen LogP contribution is -2.41. The third kappa shape index (κ3) is 6.23. The van der Waals surface area contributed by atoms with E-state index in [0.29, 0.717) is 24.6 Å². The molecule has 3 rings (SSSR count). The Balaban J connectivity index is 1.56. The first-order chi connectivity index (χ1) is 14.0. The van der Waals surface area contributed by atoms with Crippen molar-refractivity contribution in [2.24, 2.45) is 0 Å². The second kappa shape index (κ2) is 9.94. The van der Waals surface area contributed by atoms with Gasteiger partial charge in [-0.15, -0.1) is 0 Å². The number of carbonyl (C=O) groups is 2. The molecule has 1 saturated heterocycles. The fraction of sp³-hybridized carbons (Fsp3) is 0.300. The van der Waals surface area contributed by atoms with Crippen LogP contribution in [0.25, 0.3) is 0 Å². The Morgan fingerprint density at radius 1 is 1.00 bits per heavy atom. The van der Waals surface area contributed by atoms with Crippen LogP contribution < -0.4 is 15.4 Å². The molecular formula is C20H21F2N3O4. The summed E-state index contributed by atoms with van der Waals surface area (Å²) in [5.74, 6) is -0.917. The van der Waals surface area contributed by atoms with Gasteiger partial charge in [0.1, 0.15) is 5.75 Å². The Kier molecular flexibility index (Phi) is 7.09. The fourth-order valence-corrected chi connectivity index (χ4v) is 2.85. The second-order valence-electron chi connectivity index (χ2n) is 6.34. The number of morpholine rings is 1. The average Bonchev–Trinajstić information content (AvgIpc) is 2.70. The summed E-state index contributed by atoms with van der Waals surface area (Å²) in [4.78, 5) is 26.5. The van der Waals surface area contributed by atoms with Crippen LogP contribution in [-0.2, 0) is 9.53 Å². The lowest BCUT2D eigenvalue weighted by atomic mass is 10.2. The molecule has 0 bridgehead atoms. The summed E-state index contributed by atoms with van der Waals surface area (Å²) in [7, 11) is 0. The van der Waals surface area contributed by atoms with E-state index >= 15 is 0 Å². The van der Waals surface area contributed by atoms with Crippen molar-refractivity contribution in [2.45, 2.75) is 6.61 Å². The van der Waals surface area contributed by atoms with Gasteiger partial charge in [-0.1, -0.05) is 12.1 Å². The number of anilines is 2. The lowest BCUT2D eigenvalue weighted by Gasteiger charge is -2.25. The Bertz CT molecular complexity index is 840. The number of alkyl halides is 2. The average molecular weight is 405 g/mol. The molecule has 2 aromatic carbocycles. The van der Waals surface area contributed by atoms with Crippen molar-refractivity contribution in [3.05, 3.63) is 54.1 Å². The SMILES string of the molecule is O=C(CN1CCOCC1)Nc1ccc(NC(=O)c2ccccc2OC(F)F)cc1. The number of hydrogen-bond donors (Lipinski definition) is 2. The number of hydrogen-bond acceptors (Lipinski definition) is 5. The van der Waals surface area contributed by atoms with Crippen molar-refractivity contribution in [2.75, 3.05) is 43.5 Å².